The molecule has 0 aliphatic rings. The molecule has 2 heterocycles. The van der Waals surface area contributed by atoms with Crippen LogP contribution in [0.5, 0.6) is 0 Å². The van der Waals surface area contributed by atoms with Crippen LogP contribution in [0.3, 0.4) is 0 Å². The van der Waals surface area contributed by atoms with Crippen LogP contribution in [0.15, 0.2) is 59.0 Å². The van der Waals surface area contributed by atoms with Crippen molar-refractivity contribution in [3.63, 3.8) is 0 Å². The number of hydrogen-bond acceptors (Lipinski definition) is 4. The van der Waals surface area contributed by atoms with Gasteiger partial charge in [0.2, 0.25) is 0 Å². The van der Waals surface area contributed by atoms with E-state index < -0.39 is 5.97 Å². The molecule has 0 aliphatic carbocycles. The van der Waals surface area contributed by atoms with Crippen molar-refractivity contribution in [3.05, 3.63) is 94.1 Å². The molecule has 0 radical (unpaired) electrons. The van der Waals surface area contributed by atoms with Crippen LogP contribution < -0.4 is 10.4 Å². The molecule has 0 saturated heterocycles. The van der Waals surface area contributed by atoms with Gasteiger partial charge in [-0.1, -0.05) is 42.0 Å². The Kier molecular flexibility index (Phi) is 5.46. The molecule has 4 rings (SSSR count). The molecule has 1 N–H and O–H groups in total. The average Bonchev–Trinajstić information content (AvgIpc) is 3.25. The lowest BCUT2D eigenvalue weighted by Gasteiger charge is -2.14. The lowest BCUT2D eigenvalue weighted by Crippen LogP contribution is -2.28. The quantitative estimate of drug-likeness (QED) is 0.510. The topological polar surface area (TPSA) is 70.2 Å². The second kappa shape index (κ2) is 8.20. The summed E-state index contributed by atoms with van der Waals surface area (Å²) >= 11 is 0. The maximum absolute atomic E-state index is 12.2. The summed E-state index contributed by atoms with van der Waals surface area (Å²) in [5.41, 5.74) is 5.16. The third-order valence-electron chi connectivity index (χ3n) is 5.38. The summed E-state index contributed by atoms with van der Waals surface area (Å²) in [5, 5.41) is 16.4. The van der Waals surface area contributed by atoms with E-state index in [-0.39, 0.29) is 5.69 Å². The maximum atomic E-state index is 12.2. The number of benzene rings is 2. The number of nitrogens with zero attached hydrogens (tertiary/aromatic N) is 1. The normalized spacial score (nSPS) is 11.3. The van der Waals surface area contributed by atoms with Crippen LogP contribution in [0.4, 0.5) is 0 Å². The molecule has 0 amide bonds. The summed E-state index contributed by atoms with van der Waals surface area (Å²) < 4.78 is 7.46. The lowest BCUT2D eigenvalue weighted by atomic mass is 10.1. The molecule has 5 nitrogen and oxygen atoms in total. The zero-order valence-electron chi connectivity index (χ0n) is 17.5. The predicted octanol–water partition coefficient (Wildman–Crippen LogP) is 3.86. The number of fused-ring (bicyclic) bond motifs is 1. The first-order chi connectivity index (χ1) is 14.4. The van der Waals surface area contributed by atoms with Crippen LogP contribution in [0.1, 0.15) is 44.3 Å². The van der Waals surface area contributed by atoms with E-state index >= 15 is 0 Å². The Morgan fingerprint density at radius 1 is 0.967 bits per heavy atom. The molecule has 154 valence electrons. The molecule has 0 saturated carbocycles. The highest BCUT2D eigenvalue weighted by molar-refractivity contribution is 5.97. The van der Waals surface area contributed by atoms with Crippen molar-refractivity contribution in [2.75, 3.05) is 0 Å². The van der Waals surface area contributed by atoms with Gasteiger partial charge in [0, 0.05) is 29.6 Å². The third-order valence-corrected chi connectivity index (χ3v) is 5.38. The van der Waals surface area contributed by atoms with Crippen molar-refractivity contribution in [3.8, 4) is 0 Å². The highest BCUT2D eigenvalue weighted by Gasteiger charge is 2.18. The second-order valence-corrected chi connectivity index (χ2v) is 7.82. The van der Waals surface area contributed by atoms with Crippen LogP contribution in [0.25, 0.3) is 10.9 Å². The van der Waals surface area contributed by atoms with Gasteiger partial charge in [0.15, 0.2) is 0 Å². The first-order valence-corrected chi connectivity index (χ1v) is 10.1. The Morgan fingerprint density at radius 3 is 2.37 bits per heavy atom. The number of rotatable bonds is 7. The number of aromatic nitrogens is 1. The van der Waals surface area contributed by atoms with Crippen LogP contribution in [0.2, 0.25) is 0 Å². The van der Waals surface area contributed by atoms with E-state index in [9.17, 15) is 9.90 Å². The Labute approximate surface area is 176 Å². The van der Waals surface area contributed by atoms with Gasteiger partial charge in [0.25, 0.3) is 0 Å². The van der Waals surface area contributed by atoms with Gasteiger partial charge in [-0.3, -0.25) is 0 Å². The fourth-order valence-electron chi connectivity index (χ4n) is 3.87. The van der Waals surface area contributed by atoms with Gasteiger partial charge in [-0.2, -0.15) is 0 Å². The van der Waals surface area contributed by atoms with Crippen molar-refractivity contribution in [1.82, 2.24) is 9.88 Å². The minimum Gasteiger partial charge on any atom is -0.543 e. The van der Waals surface area contributed by atoms with E-state index in [0.29, 0.717) is 19.6 Å². The fourth-order valence-corrected chi connectivity index (χ4v) is 3.87. The molecule has 0 aliphatic heterocycles. The monoisotopic (exact) mass is 401 g/mol. The largest absolute Gasteiger partial charge is 0.543 e. The molecule has 0 fully saturated rings. The van der Waals surface area contributed by atoms with E-state index in [1.165, 1.54) is 5.56 Å². The molecule has 2 aromatic carbocycles. The van der Waals surface area contributed by atoms with Crippen LogP contribution >= 0.6 is 0 Å². The predicted molar refractivity (Wildman–Crippen MR) is 115 cm³/mol. The first kappa shape index (κ1) is 20.0. The molecule has 4 aromatic rings. The standard InChI is InChI=1S/C25H26N2O3/c1-16-4-8-19(9-5-16)15-27-23-12-17(2)6-11-21(23)22(24(27)25(28)29)14-26-13-20-10-7-18(3)30-20/h4-12,26H,13-15H2,1-3H3,(H,28,29)/p-1. The number of hydrogen-bond donors (Lipinski definition) is 1. The number of furan rings is 1. The number of carboxylic acid groups (broad SMARTS) is 1. The van der Waals surface area contributed by atoms with Gasteiger partial charge in [-0.05, 0) is 50.1 Å². The minimum absolute atomic E-state index is 0.222. The van der Waals surface area contributed by atoms with E-state index in [1.54, 1.807) is 0 Å². The summed E-state index contributed by atoms with van der Waals surface area (Å²) in [7, 11) is 0. The molecular weight excluding hydrogens is 376 g/mol. The lowest BCUT2D eigenvalue weighted by molar-refractivity contribution is -0.255. The van der Waals surface area contributed by atoms with Gasteiger partial charge >= 0.3 is 0 Å². The summed E-state index contributed by atoms with van der Waals surface area (Å²) in [6, 6.07) is 18.0. The third kappa shape index (κ3) is 4.02. The highest BCUT2D eigenvalue weighted by Crippen LogP contribution is 2.28. The molecule has 0 bridgehead atoms. The van der Waals surface area contributed by atoms with Crippen molar-refractivity contribution < 1.29 is 14.3 Å². The number of nitrogens with one attached hydrogen (secondary N) is 1. The van der Waals surface area contributed by atoms with Crippen LogP contribution in [-0.4, -0.2) is 10.5 Å². The first-order valence-electron chi connectivity index (χ1n) is 10.1. The van der Waals surface area contributed by atoms with Crippen LogP contribution in [-0.2, 0) is 19.6 Å². The van der Waals surface area contributed by atoms with Gasteiger partial charge in [0.05, 0.1) is 18.2 Å². The zero-order chi connectivity index (χ0) is 21.3. The van der Waals surface area contributed by atoms with Crippen molar-refractivity contribution in [2.24, 2.45) is 0 Å². The number of carboxylic acids is 1. The molecule has 2 aromatic heterocycles. The summed E-state index contributed by atoms with van der Waals surface area (Å²) in [6.45, 7) is 7.35. The zero-order valence-corrected chi connectivity index (χ0v) is 17.5. The number of aromatic carboxylic acids is 1. The Balaban J connectivity index is 1.73. The van der Waals surface area contributed by atoms with E-state index in [4.69, 9.17) is 4.42 Å². The van der Waals surface area contributed by atoms with E-state index in [0.717, 1.165) is 39.1 Å². The molecule has 0 unspecified atom stereocenters. The molecule has 30 heavy (non-hydrogen) atoms. The van der Waals surface area contributed by atoms with Gasteiger partial charge in [-0.15, -0.1) is 0 Å². The SMILES string of the molecule is Cc1ccc(Cn2c(C(=O)[O-])c(CNCc3ccc(C)o3)c3ccc(C)cc32)cc1. The number of aryl methyl sites for hydroxylation is 3. The minimum atomic E-state index is -1.17. The van der Waals surface area contributed by atoms with Crippen LogP contribution in [0, 0.1) is 20.8 Å². The van der Waals surface area contributed by atoms with Gasteiger partial charge in [0.1, 0.15) is 11.5 Å². The molecule has 0 atom stereocenters. The number of carbonyl (C=O) groups excluding carboxylic acids is 1. The van der Waals surface area contributed by atoms with E-state index in [1.807, 2.05) is 79.9 Å². The van der Waals surface area contributed by atoms with Gasteiger partial charge < -0.3 is 24.2 Å². The van der Waals surface area contributed by atoms with E-state index in [2.05, 4.69) is 5.32 Å². The Morgan fingerprint density at radius 2 is 1.70 bits per heavy atom. The smallest absolute Gasteiger partial charge is 0.117 e. The average molecular weight is 401 g/mol. The van der Waals surface area contributed by atoms with Crippen molar-refractivity contribution in [2.45, 2.75) is 40.4 Å². The summed E-state index contributed by atoms with van der Waals surface area (Å²) in [5.74, 6) is 0.510. The fraction of sp³-hybridized carbons (Fsp3) is 0.240. The second-order valence-electron chi connectivity index (χ2n) is 7.82. The maximum Gasteiger partial charge on any atom is 0.117 e. The summed E-state index contributed by atoms with van der Waals surface area (Å²) in [6.07, 6.45) is 0. The summed E-state index contributed by atoms with van der Waals surface area (Å²) in [4.78, 5) is 12.2. The Hall–Kier alpha value is -3.31. The highest BCUT2D eigenvalue weighted by atomic mass is 16.4. The van der Waals surface area contributed by atoms with Crippen molar-refractivity contribution in [1.29, 1.82) is 0 Å². The molecule has 5 heteroatoms. The Bertz CT molecular complexity index is 1200. The van der Waals surface area contributed by atoms with Crippen molar-refractivity contribution >= 4 is 16.9 Å². The molecule has 0 spiro atoms. The van der Waals surface area contributed by atoms with Gasteiger partial charge in [-0.25, -0.2) is 0 Å². The number of carbonyl (C=O) groups is 1. The molecular formula is C25H25N2O3-.